The van der Waals surface area contributed by atoms with E-state index in [2.05, 4.69) is 21.2 Å². The van der Waals surface area contributed by atoms with Gasteiger partial charge in [-0.25, -0.2) is 0 Å². The molecule has 3 nitrogen and oxygen atoms in total. The molecule has 2 N–H and O–H groups in total. The molecule has 0 saturated heterocycles. The summed E-state index contributed by atoms with van der Waals surface area (Å²) in [5.41, 5.74) is 3.90. The van der Waals surface area contributed by atoms with Crippen LogP contribution in [0.5, 0.6) is 5.75 Å². The molecule has 0 unspecified atom stereocenters. The molecule has 0 aliphatic rings. The number of aromatic hydroxyl groups is 1. The van der Waals surface area contributed by atoms with E-state index in [1.165, 1.54) is 0 Å². The van der Waals surface area contributed by atoms with Crippen molar-refractivity contribution in [1.29, 1.82) is 0 Å². The quantitative estimate of drug-likeness (QED) is 0.859. The smallest absolute Gasteiger partial charge is 0.259 e. The minimum absolute atomic E-state index is 0.00471. The molecule has 0 aliphatic heterocycles. The summed E-state index contributed by atoms with van der Waals surface area (Å²) in [4.78, 5) is 12.3. The summed E-state index contributed by atoms with van der Waals surface area (Å²) in [6.07, 6.45) is 0. The fraction of sp³-hybridized carbons (Fsp3) is 0.188. The molecule has 104 valence electrons. The Hall–Kier alpha value is -1.81. The molecule has 0 heterocycles. The van der Waals surface area contributed by atoms with E-state index in [9.17, 15) is 9.90 Å². The molecular weight excluding hydrogens is 318 g/mol. The molecule has 20 heavy (non-hydrogen) atoms. The third kappa shape index (κ3) is 3.02. The number of phenolic OH excluding ortho intramolecular Hbond substituents is 1. The lowest BCUT2D eigenvalue weighted by atomic mass is 10.1. The number of carbonyl (C=O) groups is 1. The lowest BCUT2D eigenvalue weighted by Gasteiger charge is -2.13. The number of anilines is 1. The summed E-state index contributed by atoms with van der Waals surface area (Å²) in [5, 5.41) is 12.7. The molecule has 0 bridgehead atoms. The molecule has 0 saturated carbocycles. The molecule has 0 spiro atoms. The van der Waals surface area contributed by atoms with Crippen LogP contribution < -0.4 is 5.32 Å². The fourth-order valence-electron chi connectivity index (χ4n) is 2.12. The molecule has 2 aromatic carbocycles. The van der Waals surface area contributed by atoms with Gasteiger partial charge in [-0.2, -0.15) is 0 Å². The fourth-order valence-corrected chi connectivity index (χ4v) is 2.81. The number of nitrogens with one attached hydrogen (secondary N) is 1. The van der Waals surface area contributed by atoms with Crippen molar-refractivity contribution < 1.29 is 9.90 Å². The standard InChI is InChI=1S/C16H16BrNO2/c1-9-4-5-13(14(19)6-9)16(20)18-15-10(2)7-12(17)8-11(15)3/h4-8,19H,1-3H3,(H,18,20). The van der Waals surface area contributed by atoms with Crippen LogP contribution in [0.15, 0.2) is 34.8 Å². The van der Waals surface area contributed by atoms with Crippen LogP contribution in [0.25, 0.3) is 0 Å². The molecule has 1 amide bonds. The minimum Gasteiger partial charge on any atom is -0.507 e. The van der Waals surface area contributed by atoms with E-state index >= 15 is 0 Å². The van der Waals surface area contributed by atoms with Crippen molar-refractivity contribution in [2.45, 2.75) is 20.8 Å². The van der Waals surface area contributed by atoms with Crippen molar-refractivity contribution in [2.75, 3.05) is 5.32 Å². The number of halogens is 1. The van der Waals surface area contributed by atoms with Crippen molar-refractivity contribution in [3.63, 3.8) is 0 Å². The maximum Gasteiger partial charge on any atom is 0.259 e. The Morgan fingerprint density at radius 1 is 1.10 bits per heavy atom. The van der Waals surface area contributed by atoms with E-state index < -0.39 is 0 Å². The van der Waals surface area contributed by atoms with Crippen LogP contribution in [0.1, 0.15) is 27.0 Å². The largest absolute Gasteiger partial charge is 0.507 e. The number of benzene rings is 2. The monoisotopic (exact) mass is 333 g/mol. The predicted molar refractivity (Wildman–Crippen MR) is 84.4 cm³/mol. The summed E-state index contributed by atoms with van der Waals surface area (Å²) >= 11 is 3.43. The molecule has 2 rings (SSSR count). The van der Waals surface area contributed by atoms with Gasteiger partial charge >= 0.3 is 0 Å². The maximum atomic E-state index is 12.3. The molecule has 2 aromatic rings. The van der Waals surface area contributed by atoms with Gasteiger partial charge in [-0.3, -0.25) is 4.79 Å². The lowest BCUT2D eigenvalue weighted by Crippen LogP contribution is -2.14. The first-order valence-electron chi connectivity index (χ1n) is 6.26. The van der Waals surface area contributed by atoms with Gasteiger partial charge in [0.1, 0.15) is 5.75 Å². The number of carbonyl (C=O) groups excluding carboxylic acids is 1. The number of amides is 1. The van der Waals surface area contributed by atoms with E-state index in [1.54, 1.807) is 18.2 Å². The molecule has 0 fully saturated rings. The minimum atomic E-state index is -0.309. The third-order valence-corrected chi connectivity index (χ3v) is 3.59. The van der Waals surface area contributed by atoms with E-state index in [0.29, 0.717) is 0 Å². The van der Waals surface area contributed by atoms with Crippen molar-refractivity contribution in [1.82, 2.24) is 0 Å². The number of hydrogen-bond acceptors (Lipinski definition) is 2. The summed E-state index contributed by atoms with van der Waals surface area (Å²) in [6.45, 7) is 5.73. The van der Waals surface area contributed by atoms with Crippen molar-refractivity contribution >= 4 is 27.5 Å². The Morgan fingerprint density at radius 2 is 1.70 bits per heavy atom. The molecule has 0 radical (unpaired) electrons. The molecule has 0 aliphatic carbocycles. The zero-order valence-corrected chi connectivity index (χ0v) is 13.2. The van der Waals surface area contributed by atoms with Crippen LogP contribution in [-0.2, 0) is 0 Å². The zero-order chi connectivity index (χ0) is 14.9. The van der Waals surface area contributed by atoms with Gasteiger partial charge in [0.05, 0.1) is 5.56 Å². The second-order valence-electron chi connectivity index (χ2n) is 4.89. The Kier molecular flexibility index (Phi) is 4.14. The lowest BCUT2D eigenvalue weighted by molar-refractivity contribution is 0.102. The molecule has 4 heteroatoms. The normalized spacial score (nSPS) is 10.4. The highest BCUT2D eigenvalue weighted by molar-refractivity contribution is 9.10. The zero-order valence-electron chi connectivity index (χ0n) is 11.6. The highest BCUT2D eigenvalue weighted by Gasteiger charge is 2.14. The Labute approximate surface area is 126 Å². The van der Waals surface area contributed by atoms with E-state index in [0.717, 1.165) is 26.9 Å². The maximum absolute atomic E-state index is 12.3. The van der Waals surface area contributed by atoms with Crippen LogP contribution in [0.4, 0.5) is 5.69 Å². The van der Waals surface area contributed by atoms with Gasteiger partial charge in [-0.05, 0) is 61.7 Å². The van der Waals surface area contributed by atoms with Crippen LogP contribution >= 0.6 is 15.9 Å². The van der Waals surface area contributed by atoms with Gasteiger partial charge in [0.2, 0.25) is 0 Å². The first-order chi connectivity index (χ1) is 9.38. The van der Waals surface area contributed by atoms with Gasteiger partial charge in [0.15, 0.2) is 0 Å². The van der Waals surface area contributed by atoms with Crippen LogP contribution in [0.3, 0.4) is 0 Å². The van der Waals surface area contributed by atoms with Gasteiger partial charge in [-0.15, -0.1) is 0 Å². The van der Waals surface area contributed by atoms with Crippen molar-refractivity contribution in [3.8, 4) is 5.75 Å². The average molecular weight is 334 g/mol. The highest BCUT2D eigenvalue weighted by Crippen LogP contribution is 2.27. The first-order valence-corrected chi connectivity index (χ1v) is 7.05. The number of rotatable bonds is 2. The molecular formula is C16H16BrNO2. The summed E-state index contributed by atoms with van der Waals surface area (Å²) in [5.74, 6) is -0.314. The highest BCUT2D eigenvalue weighted by atomic mass is 79.9. The van der Waals surface area contributed by atoms with Gasteiger partial charge in [-0.1, -0.05) is 22.0 Å². The second-order valence-corrected chi connectivity index (χ2v) is 5.80. The van der Waals surface area contributed by atoms with E-state index in [-0.39, 0.29) is 17.2 Å². The SMILES string of the molecule is Cc1ccc(C(=O)Nc2c(C)cc(Br)cc2C)c(O)c1. The first kappa shape index (κ1) is 14.6. The van der Waals surface area contributed by atoms with Gasteiger partial charge in [0.25, 0.3) is 5.91 Å². The Balaban J connectivity index is 2.33. The third-order valence-electron chi connectivity index (χ3n) is 3.13. The Morgan fingerprint density at radius 3 is 2.25 bits per heavy atom. The molecule has 0 aromatic heterocycles. The van der Waals surface area contributed by atoms with E-state index in [1.807, 2.05) is 32.9 Å². The number of phenols is 1. The van der Waals surface area contributed by atoms with Gasteiger partial charge in [0, 0.05) is 10.2 Å². The Bertz CT molecular complexity index is 657. The number of aryl methyl sites for hydroxylation is 3. The van der Waals surface area contributed by atoms with Gasteiger partial charge < -0.3 is 10.4 Å². The van der Waals surface area contributed by atoms with Crippen LogP contribution in [-0.4, -0.2) is 11.0 Å². The summed E-state index contributed by atoms with van der Waals surface area (Å²) < 4.78 is 0.976. The van der Waals surface area contributed by atoms with E-state index in [4.69, 9.17) is 0 Å². The average Bonchev–Trinajstić information content (AvgIpc) is 2.33. The topological polar surface area (TPSA) is 49.3 Å². The summed E-state index contributed by atoms with van der Waals surface area (Å²) in [7, 11) is 0. The second kappa shape index (κ2) is 5.67. The summed E-state index contributed by atoms with van der Waals surface area (Å²) in [6, 6.07) is 8.89. The van der Waals surface area contributed by atoms with Crippen LogP contribution in [0.2, 0.25) is 0 Å². The van der Waals surface area contributed by atoms with Crippen molar-refractivity contribution in [3.05, 3.63) is 57.1 Å². The van der Waals surface area contributed by atoms with Crippen LogP contribution in [0, 0.1) is 20.8 Å². The predicted octanol–water partition coefficient (Wildman–Crippen LogP) is 4.33. The number of hydrogen-bond donors (Lipinski definition) is 2. The van der Waals surface area contributed by atoms with Crippen molar-refractivity contribution in [2.24, 2.45) is 0 Å². The molecule has 0 atom stereocenters.